The molecule has 0 spiro atoms. The first-order chi connectivity index (χ1) is 17.2. The molecule has 2 aromatic heterocycles. The van der Waals surface area contributed by atoms with E-state index in [0.717, 1.165) is 24.8 Å². The van der Waals surface area contributed by atoms with Crippen molar-refractivity contribution in [3.05, 3.63) is 68.7 Å². The van der Waals surface area contributed by atoms with Crippen molar-refractivity contribution in [1.29, 1.82) is 0 Å². The molecule has 5 rings (SSSR count). The molecule has 2 aromatic carbocycles. The Balaban J connectivity index is 1.38. The van der Waals surface area contributed by atoms with Crippen LogP contribution in [0.3, 0.4) is 0 Å². The number of benzene rings is 2. The summed E-state index contributed by atoms with van der Waals surface area (Å²) in [5, 5.41) is 4.41. The molecule has 0 amide bonds. The molecule has 0 saturated carbocycles. The van der Waals surface area contributed by atoms with Crippen molar-refractivity contribution in [3.8, 4) is 23.0 Å². The number of para-hydroxylation sites is 2. The zero-order valence-corrected chi connectivity index (χ0v) is 20.5. The number of rotatable bonds is 9. The molecule has 0 radical (unpaired) electrons. The number of unbranched alkanes of at least 4 members (excludes halogenated alkanes) is 2. The summed E-state index contributed by atoms with van der Waals surface area (Å²) >= 11 is 1.28. The average Bonchev–Trinajstić information content (AvgIpc) is 3.42. The van der Waals surface area contributed by atoms with Gasteiger partial charge in [-0.2, -0.15) is 9.50 Å². The molecular weight excluding hydrogens is 466 g/mol. The predicted octanol–water partition coefficient (Wildman–Crippen LogP) is 4.18. The molecule has 4 aromatic rings. The lowest BCUT2D eigenvalue weighted by Crippen LogP contribution is -2.26. The number of ether oxygens (including phenoxy) is 4. The molecule has 182 valence electrons. The number of fused-ring (bicyclic) bond motifs is 2. The van der Waals surface area contributed by atoms with Gasteiger partial charge in [0.2, 0.25) is 4.96 Å². The first-order valence-corrected chi connectivity index (χ1v) is 12.7. The van der Waals surface area contributed by atoms with Gasteiger partial charge in [0.25, 0.3) is 5.56 Å². The number of nitrogens with zero attached hydrogens (tertiary/aromatic N) is 3. The van der Waals surface area contributed by atoms with Crippen molar-refractivity contribution in [2.45, 2.75) is 39.2 Å². The van der Waals surface area contributed by atoms with E-state index in [0.29, 0.717) is 51.5 Å². The molecule has 0 N–H and O–H groups in total. The lowest BCUT2D eigenvalue weighted by Gasteiger charge is -2.24. The maximum Gasteiger partial charge on any atom is 0.291 e. The minimum Gasteiger partial charge on any atom is -0.490 e. The third-order valence-electron chi connectivity index (χ3n) is 5.57. The highest BCUT2D eigenvalue weighted by atomic mass is 32.1. The van der Waals surface area contributed by atoms with Gasteiger partial charge in [0.1, 0.15) is 6.61 Å². The van der Waals surface area contributed by atoms with Gasteiger partial charge in [-0.3, -0.25) is 4.79 Å². The molecule has 0 aliphatic carbocycles. The lowest BCUT2D eigenvalue weighted by molar-refractivity contribution is 0.0852. The Bertz CT molecular complexity index is 1430. The van der Waals surface area contributed by atoms with Gasteiger partial charge < -0.3 is 18.9 Å². The first kappa shape index (κ1) is 23.2. The van der Waals surface area contributed by atoms with Crippen LogP contribution in [0.25, 0.3) is 11.0 Å². The number of hydrogen-bond acceptors (Lipinski definition) is 8. The summed E-state index contributed by atoms with van der Waals surface area (Å²) in [6.07, 6.45) is 4.63. The highest BCUT2D eigenvalue weighted by molar-refractivity contribution is 7.15. The van der Waals surface area contributed by atoms with E-state index in [-0.39, 0.29) is 12.2 Å². The standard InChI is InChI=1S/C26H27N3O5S/c1-3-5-8-13-32-19-12-11-17(14-21(19)31-4-2)15-23-25(30)29-26(35-23)27-24(28-29)22-16-33-18-9-6-7-10-20(18)34-22/h6-7,9-12,14-15,22H,3-5,8,13,16H2,1-2H3/b23-15-. The van der Waals surface area contributed by atoms with Crippen LogP contribution in [-0.4, -0.2) is 34.4 Å². The Labute approximate surface area is 206 Å². The van der Waals surface area contributed by atoms with Gasteiger partial charge in [-0.1, -0.05) is 49.3 Å². The minimum atomic E-state index is -0.470. The van der Waals surface area contributed by atoms with Gasteiger partial charge in [0.05, 0.1) is 17.7 Å². The third kappa shape index (κ3) is 4.95. The molecule has 1 aliphatic rings. The van der Waals surface area contributed by atoms with E-state index < -0.39 is 6.10 Å². The summed E-state index contributed by atoms with van der Waals surface area (Å²) in [5.41, 5.74) is 0.621. The second-order valence-electron chi connectivity index (χ2n) is 8.14. The Morgan fingerprint density at radius 1 is 1.11 bits per heavy atom. The first-order valence-electron chi connectivity index (χ1n) is 11.9. The Hall–Kier alpha value is -3.59. The maximum atomic E-state index is 13.0. The van der Waals surface area contributed by atoms with Crippen molar-refractivity contribution in [2.24, 2.45) is 0 Å². The molecule has 3 heterocycles. The van der Waals surface area contributed by atoms with E-state index in [1.165, 1.54) is 15.9 Å². The summed E-state index contributed by atoms with van der Waals surface area (Å²) in [6, 6.07) is 13.2. The number of hydrogen-bond donors (Lipinski definition) is 0. The third-order valence-corrected chi connectivity index (χ3v) is 6.52. The smallest absolute Gasteiger partial charge is 0.291 e. The van der Waals surface area contributed by atoms with Gasteiger partial charge in [-0.15, -0.1) is 5.10 Å². The monoisotopic (exact) mass is 493 g/mol. The van der Waals surface area contributed by atoms with Crippen LogP contribution in [0.5, 0.6) is 23.0 Å². The quantitative estimate of drug-likeness (QED) is 0.324. The molecule has 1 atom stereocenters. The molecule has 0 fully saturated rings. The molecule has 8 nitrogen and oxygen atoms in total. The SMILES string of the molecule is CCCCCOc1ccc(/C=c2\sc3nc(C4COc5ccccc5O4)nn3c2=O)cc1OCC. The lowest BCUT2D eigenvalue weighted by atomic mass is 10.2. The van der Waals surface area contributed by atoms with Crippen LogP contribution >= 0.6 is 11.3 Å². The van der Waals surface area contributed by atoms with Crippen LogP contribution in [0.1, 0.15) is 50.6 Å². The van der Waals surface area contributed by atoms with Gasteiger partial charge in [-0.25, -0.2) is 0 Å². The van der Waals surface area contributed by atoms with E-state index in [1.54, 1.807) is 0 Å². The highest BCUT2D eigenvalue weighted by Gasteiger charge is 2.27. The summed E-state index contributed by atoms with van der Waals surface area (Å²) in [7, 11) is 0. The molecular formula is C26H27N3O5S. The zero-order valence-electron chi connectivity index (χ0n) is 19.7. The van der Waals surface area contributed by atoms with E-state index in [4.69, 9.17) is 18.9 Å². The van der Waals surface area contributed by atoms with Crippen molar-refractivity contribution in [2.75, 3.05) is 19.8 Å². The van der Waals surface area contributed by atoms with Crippen LogP contribution < -0.4 is 29.0 Å². The van der Waals surface area contributed by atoms with Crippen LogP contribution in [-0.2, 0) is 0 Å². The summed E-state index contributed by atoms with van der Waals surface area (Å²) < 4.78 is 25.3. The fraction of sp³-hybridized carbons (Fsp3) is 0.346. The molecule has 0 saturated heterocycles. The Morgan fingerprint density at radius 2 is 1.97 bits per heavy atom. The fourth-order valence-electron chi connectivity index (χ4n) is 3.82. The Morgan fingerprint density at radius 3 is 2.77 bits per heavy atom. The number of thiazole rings is 1. The predicted molar refractivity (Wildman–Crippen MR) is 134 cm³/mol. The Kier molecular flexibility index (Phi) is 6.85. The van der Waals surface area contributed by atoms with E-state index >= 15 is 0 Å². The van der Waals surface area contributed by atoms with Gasteiger partial charge in [0, 0.05) is 0 Å². The second-order valence-corrected chi connectivity index (χ2v) is 9.15. The molecule has 9 heteroatoms. The fourth-order valence-corrected chi connectivity index (χ4v) is 4.73. The summed E-state index contributed by atoms with van der Waals surface area (Å²) in [6.45, 7) is 5.56. The van der Waals surface area contributed by atoms with Gasteiger partial charge in [-0.05, 0) is 49.2 Å². The van der Waals surface area contributed by atoms with Crippen LogP contribution in [0.4, 0.5) is 0 Å². The van der Waals surface area contributed by atoms with Crippen LogP contribution in [0.2, 0.25) is 0 Å². The average molecular weight is 494 g/mol. The van der Waals surface area contributed by atoms with Crippen molar-refractivity contribution < 1.29 is 18.9 Å². The molecule has 35 heavy (non-hydrogen) atoms. The largest absolute Gasteiger partial charge is 0.490 e. The van der Waals surface area contributed by atoms with E-state index in [2.05, 4.69) is 17.0 Å². The van der Waals surface area contributed by atoms with Gasteiger partial charge >= 0.3 is 0 Å². The van der Waals surface area contributed by atoms with Crippen molar-refractivity contribution >= 4 is 22.4 Å². The second kappa shape index (κ2) is 10.4. The van der Waals surface area contributed by atoms with Crippen molar-refractivity contribution in [3.63, 3.8) is 0 Å². The highest BCUT2D eigenvalue weighted by Crippen LogP contribution is 2.35. The van der Waals surface area contributed by atoms with Crippen LogP contribution in [0, 0.1) is 0 Å². The molecule has 1 unspecified atom stereocenters. The van der Waals surface area contributed by atoms with E-state index in [1.807, 2.05) is 55.5 Å². The number of aromatic nitrogens is 3. The normalized spacial score (nSPS) is 15.5. The molecule has 0 bridgehead atoms. The van der Waals surface area contributed by atoms with Crippen LogP contribution in [0.15, 0.2) is 47.3 Å². The minimum absolute atomic E-state index is 0.223. The zero-order chi connectivity index (χ0) is 24.2. The molecule has 1 aliphatic heterocycles. The summed E-state index contributed by atoms with van der Waals surface area (Å²) in [4.78, 5) is 18.1. The van der Waals surface area contributed by atoms with Gasteiger partial charge in [0.15, 0.2) is 34.9 Å². The van der Waals surface area contributed by atoms with Crippen molar-refractivity contribution in [1.82, 2.24) is 14.6 Å². The maximum absolute atomic E-state index is 13.0. The summed E-state index contributed by atoms with van der Waals surface area (Å²) in [5.74, 6) is 3.14. The topological polar surface area (TPSA) is 84.2 Å². The van der Waals surface area contributed by atoms with E-state index in [9.17, 15) is 4.79 Å².